The SMILES string of the molecule is COc1ccc(C(=O)N2CCN(C(=O)C(C)NC(=O)c3ccoc3)CC2)c(OC)c1. The van der Waals surface area contributed by atoms with E-state index < -0.39 is 6.04 Å². The third kappa shape index (κ3) is 4.56. The molecule has 1 aliphatic rings. The third-order valence-electron chi connectivity index (χ3n) is 5.02. The molecule has 30 heavy (non-hydrogen) atoms. The number of hydrogen-bond donors (Lipinski definition) is 1. The zero-order valence-corrected chi connectivity index (χ0v) is 17.2. The van der Waals surface area contributed by atoms with Crippen LogP contribution < -0.4 is 14.8 Å². The maximum atomic E-state index is 12.9. The molecule has 1 N–H and O–H groups in total. The van der Waals surface area contributed by atoms with Gasteiger partial charge in [0.2, 0.25) is 5.91 Å². The van der Waals surface area contributed by atoms with Crippen LogP contribution in [0.4, 0.5) is 0 Å². The quantitative estimate of drug-likeness (QED) is 0.765. The number of hydrogen-bond acceptors (Lipinski definition) is 6. The van der Waals surface area contributed by atoms with E-state index in [0.29, 0.717) is 48.8 Å². The number of furan rings is 1. The van der Waals surface area contributed by atoms with Crippen molar-refractivity contribution in [3.05, 3.63) is 47.9 Å². The van der Waals surface area contributed by atoms with E-state index in [-0.39, 0.29) is 17.7 Å². The third-order valence-corrected chi connectivity index (χ3v) is 5.02. The number of benzene rings is 1. The topological polar surface area (TPSA) is 101 Å². The van der Waals surface area contributed by atoms with Gasteiger partial charge in [0.05, 0.1) is 31.6 Å². The molecule has 3 amide bonds. The van der Waals surface area contributed by atoms with Crippen molar-refractivity contribution in [3.63, 3.8) is 0 Å². The fourth-order valence-corrected chi connectivity index (χ4v) is 3.28. The summed E-state index contributed by atoms with van der Waals surface area (Å²) in [4.78, 5) is 41.0. The molecule has 1 fully saturated rings. The van der Waals surface area contributed by atoms with Crippen LogP contribution in [0.15, 0.2) is 41.2 Å². The molecule has 1 saturated heterocycles. The predicted octanol–water partition coefficient (Wildman–Crippen LogP) is 1.40. The number of amides is 3. The lowest BCUT2D eigenvalue weighted by Gasteiger charge is -2.36. The molecule has 2 heterocycles. The minimum atomic E-state index is -0.684. The van der Waals surface area contributed by atoms with E-state index in [1.807, 2.05) is 0 Å². The molecular weight excluding hydrogens is 390 g/mol. The van der Waals surface area contributed by atoms with Crippen molar-refractivity contribution in [2.75, 3.05) is 40.4 Å². The summed E-state index contributed by atoms with van der Waals surface area (Å²) in [6.07, 6.45) is 2.72. The first-order valence-electron chi connectivity index (χ1n) is 9.57. The van der Waals surface area contributed by atoms with E-state index in [1.54, 1.807) is 42.0 Å². The van der Waals surface area contributed by atoms with E-state index in [0.717, 1.165) is 0 Å². The molecule has 1 unspecified atom stereocenters. The van der Waals surface area contributed by atoms with E-state index in [9.17, 15) is 14.4 Å². The van der Waals surface area contributed by atoms with Crippen LogP contribution in [0, 0.1) is 0 Å². The van der Waals surface area contributed by atoms with Gasteiger partial charge in [-0.1, -0.05) is 0 Å². The normalized spacial score (nSPS) is 14.8. The number of methoxy groups -OCH3 is 2. The van der Waals surface area contributed by atoms with Gasteiger partial charge in [-0.25, -0.2) is 0 Å². The standard InChI is InChI=1S/C21H25N3O6/c1-14(22-19(25)15-6-11-30-13-15)20(26)23-7-9-24(10-8-23)21(27)17-5-4-16(28-2)12-18(17)29-3/h4-6,11-14H,7-10H2,1-3H3,(H,22,25). The van der Waals surface area contributed by atoms with Gasteiger partial charge >= 0.3 is 0 Å². The molecular formula is C21H25N3O6. The van der Waals surface area contributed by atoms with Gasteiger partial charge in [0.15, 0.2) is 0 Å². The molecule has 9 heteroatoms. The Morgan fingerprint density at radius 1 is 1.03 bits per heavy atom. The summed E-state index contributed by atoms with van der Waals surface area (Å²) in [5, 5.41) is 2.67. The summed E-state index contributed by atoms with van der Waals surface area (Å²) in [5.41, 5.74) is 0.803. The van der Waals surface area contributed by atoms with Crippen molar-refractivity contribution in [2.24, 2.45) is 0 Å². The highest BCUT2D eigenvalue weighted by Gasteiger charge is 2.29. The van der Waals surface area contributed by atoms with Gasteiger partial charge in [-0.05, 0) is 25.1 Å². The largest absolute Gasteiger partial charge is 0.497 e. The number of ether oxygens (including phenoxy) is 2. The number of carbonyl (C=O) groups excluding carboxylic acids is 3. The van der Waals surface area contributed by atoms with Crippen LogP contribution in [0.1, 0.15) is 27.6 Å². The summed E-state index contributed by atoms with van der Waals surface area (Å²) in [5.74, 6) is 0.313. The van der Waals surface area contributed by atoms with Crippen LogP contribution in [-0.4, -0.2) is 74.0 Å². The molecule has 0 spiro atoms. The minimum Gasteiger partial charge on any atom is -0.497 e. The summed E-state index contributed by atoms with van der Waals surface area (Å²) in [6, 6.07) is 5.89. The molecule has 0 radical (unpaired) electrons. The lowest BCUT2D eigenvalue weighted by molar-refractivity contribution is -0.134. The fraction of sp³-hybridized carbons (Fsp3) is 0.381. The Kier molecular flexibility index (Phi) is 6.61. The van der Waals surface area contributed by atoms with Crippen molar-refractivity contribution < 1.29 is 28.3 Å². The van der Waals surface area contributed by atoms with Gasteiger partial charge in [0.25, 0.3) is 11.8 Å². The second-order valence-corrected chi connectivity index (χ2v) is 6.89. The average Bonchev–Trinajstić information content (AvgIpc) is 3.33. The first-order valence-corrected chi connectivity index (χ1v) is 9.57. The van der Waals surface area contributed by atoms with Crippen molar-refractivity contribution >= 4 is 17.7 Å². The molecule has 2 aromatic rings. The molecule has 0 bridgehead atoms. The Morgan fingerprint density at radius 3 is 2.33 bits per heavy atom. The zero-order valence-electron chi connectivity index (χ0n) is 17.2. The van der Waals surface area contributed by atoms with Crippen LogP contribution in [0.3, 0.4) is 0 Å². The maximum absolute atomic E-state index is 12.9. The molecule has 9 nitrogen and oxygen atoms in total. The highest BCUT2D eigenvalue weighted by Crippen LogP contribution is 2.26. The van der Waals surface area contributed by atoms with E-state index >= 15 is 0 Å². The van der Waals surface area contributed by atoms with E-state index in [1.165, 1.54) is 25.7 Å². The predicted molar refractivity (Wildman–Crippen MR) is 108 cm³/mol. The van der Waals surface area contributed by atoms with Crippen LogP contribution in [0.25, 0.3) is 0 Å². The van der Waals surface area contributed by atoms with Gasteiger partial charge in [0, 0.05) is 32.2 Å². The summed E-state index contributed by atoms with van der Waals surface area (Å²) in [6.45, 7) is 3.19. The molecule has 1 aromatic heterocycles. The lowest BCUT2D eigenvalue weighted by atomic mass is 10.1. The van der Waals surface area contributed by atoms with Gasteiger partial charge in [-0.3, -0.25) is 14.4 Å². The highest BCUT2D eigenvalue weighted by molar-refractivity contribution is 5.98. The van der Waals surface area contributed by atoms with Gasteiger partial charge in [-0.2, -0.15) is 0 Å². The first kappa shape index (κ1) is 21.2. The maximum Gasteiger partial charge on any atom is 0.257 e. The van der Waals surface area contributed by atoms with Crippen LogP contribution in [-0.2, 0) is 4.79 Å². The average molecular weight is 415 g/mol. The van der Waals surface area contributed by atoms with Crippen molar-refractivity contribution in [1.29, 1.82) is 0 Å². The molecule has 0 saturated carbocycles. The van der Waals surface area contributed by atoms with E-state index in [4.69, 9.17) is 13.9 Å². The van der Waals surface area contributed by atoms with Gasteiger partial charge in [-0.15, -0.1) is 0 Å². The zero-order chi connectivity index (χ0) is 21.7. The Bertz CT molecular complexity index is 903. The highest BCUT2D eigenvalue weighted by atomic mass is 16.5. The van der Waals surface area contributed by atoms with Crippen molar-refractivity contribution in [2.45, 2.75) is 13.0 Å². The van der Waals surface area contributed by atoms with Crippen molar-refractivity contribution in [3.8, 4) is 11.5 Å². The monoisotopic (exact) mass is 415 g/mol. The summed E-state index contributed by atoms with van der Waals surface area (Å²) >= 11 is 0. The Hall–Kier alpha value is -3.49. The Labute approximate surface area is 174 Å². The molecule has 1 atom stereocenters. The van der Waals surface area contributed by atoms with Crippen LogP contribution >= 0.6 is 0 Å². The number of nitrogens with zero attached hydrogens (tertiary/aromatic N) is 2. The Balaban J connectivity index is 1.57. The van der Waals surface area contributed by atoms with Crippen LogP contribution in [0.2, 0.25) is 0 Å². The van der Waals surface area contributed by atoms with E-state index in [2.05, 4.69) is 5.32 Å². The number of carbonyl (C=O) groups is 3. The van der Waals surface area contributed by atoms with Gasteiger partial charge in [0.1, 0.15) is 23.8 Å². The Morgan fingerprint density at radius 2 is 1.73 bits per heavy atom. The molecule has 1 aromatic carbocycles. The molecule has 1 aliphatic heterocycles. The van der Waals surface area contributed by atoms with Crippen LogP contribution in [0.5, 0.6) is 11.5 Å². The smallest absolute Gasteiger partial charge is 0.257 e. The lowest BCUT2D eigenvalue weighted by Crippen LogP contribution is -2.55. The van der Waals surface area contributed by atoms with Gasteiger partial charge < -0.3 is 29.0 Å². The number of rotatable bonds is 6. The number of piperazine rings is 1. The second kappa shape index (κ2) is 9.34. The van der Waals surface area contributed by atoms with Crippen molar-refractivity contribution in [1.82, 2.24) is 15.1 Å². The first-order chi connectivity index (χ1) is 14.4. The summed E-state index contributed by atoms with van der Waals surface area (Å²) in [7, 11) is 3.05. The minimum absolute atomic E-state index is 0.164. The fourth-order valence-electron chi connectivity index (χ4n) is 3.28. The summed E-state index contributed by atoms with van der Waals surface area (Å²) < 4.78 is 15.4. The molecule has 0 aliphatic carbocycles. The number of nitrogens with one attached hydrogen (secondary N) is 1. The second-order valence-electron chi connectivity index (χ2n) is 6.89. The molecule has 3 rings (SSSR count). The molecule has 160 valence electrons.